The van der Waals surface area contributed by atoms with Crippen LogP contribution in [0.4, 0.5) is 0 Å². The van der Waals surface area contributed by atoms with E-state index in [-0.39, 0.29) is 10.8 Å². The molecule has 5 aromatic rings. The van der Waals surface area contributed by atoms with E-state index < -0.39 is 25.5 Å². The molecule has 2 atom stereocenters. The van der Waals surface area contributed by atoms with Gasteiger partial charge in [-0.2, -0.15) is 0 Å². The van der Waals surface area contributed by atoms with Crippen LogP contribution >= 0.6 is 8.60 Å². The van der Waals surface area contributed by atoms with Gasteiger partial charge in [0.1, 0.15) is 17.6 Å². The Kier molecular flexibility index (Phi) is 11.3. The Labute approximate surface area is 360 Å². The topological polar surface area (TPSA) is 27.7 Å². The molecule has 0 N–H and O–H groups in total. The van der Waals surface area contributed by atoms with E-state index in [9.17, 15) is 0 Å². The molecular weight excluding hydrogens is 752 g/mol. The molecule has 0 amide bonds. The first kappa shape index (κ1) is 41.5. The molecule has 8 rings (SSSR count). The standard InChI is InChI=1S/C56H59O3P/c1-39-30-33-46(34-31-39)57-60-58-51-48(37-45(54(4,5)41-24-16-11-17-25-41)38-50(51)55(6,7)42-26-18-12-19-27-42)47-35-32-44(53(2,3)40-22-14-10-15-23-40)36-49(47)52(59-60)56(8,9)43-28-20-13-21-29-43/h10-31,33-34,36-38,51H,32,35H2,1-9H3/b48-47-,52-49?. The van der Waals surface area contributed by atoms with E-state index >= 15 is 0 Å². The van der Waals surface area contributed by atoms with Crippen molar-refractivity contribution >= 4 is 8.60 Å². The maximum atomic E-state index is 7.49. The van der Waals surface area contributed by atoms with Crippen LogP contribution in [-0.2, 0) is 30.7 Å². The average Bonchev–Trinajstić information content (AvgIpc) is 3.26. The summed E-state index contributed by atoms with van der Waals surface area (Å²) in [5.41, 5.74) is 12.1. The number of hydrogen-bond acceptors (Lipinski definition) is 3. The largest absolute Gasteiger partial charge is 0.463 e. The summed E-state index contributed by atoms with van der Waals surface area (Å²) in [5, 5.41) is 0. The van der Waals surface area contributed by atoms with E-state index in [2.05, 4.69) is 214 Å². The molecule has 0 radical (unpaired) electrons. The summed E-state index contributed by atoms with van der Waals surface area (Å²) in [6.07, 6.45) is 8.67. The van der Waals surface area contributed by atoms with E-state index in [1.807, 2.05) is 12.1 Å². The third-order valence-corrected chi connectivity index (χ3v) is 14.5. The molecule has 0 saturated heterocycles. The molecule has 3 nitrogen and oxygen atoms in total. The lowest BCUT2D eigenvalue weighted by Gasteiger charge is -2.44. The van der Waals surface area contributed by atoms with E-state index in [4.69, 9.17) is 13.6 Å². The Balaban J connectivity index is 1.44. The Hall–Kier alpha value is -5.21. The zero-order chi connectivity index (χ0) is 42.3. The minimum absolute atomic E-state index is 0.211. The van der Waals surface area contributed by atoms with Crippen LogP contribution in [-0.4, -0.2) is 6.10 Å². The number of hydrogen-bond donors (Lipinski definition) is 0. The fourth-order valence-electron chi connectivity index (χ4n) is 9.12. The molecule has 0 spiro atoms. The van der Waals surface area contributed by atoms with E-state index in [1.54, 1.807) is 0 Å². The summed E-state index contributed by atoms with van der Waals surface area (Å²) >= 11 is 0. The van der Waals surface area contributed by atoms with Crippen molar-refractivity contribution in [1.29, 1.82) is 0 Å². The van der Waals surface area contributed by atoms with Gasteiger partial charge in [-0.15, -0.1) is 0 Å². The highest BCUT2D eigenvalue weighted by molar-refractivity contribution is 7.42. The highest BCUT2D eigenvalue weighted by Crippen LogP contribution is 2.58. The molecule has 0 fully saturated rings. The molecule has 306 valence electrons. The maximum Gasteiger partial charge on any atom is 0.463 e. The van der Waals surface area contributed by atoms with Crippen LogP contribution in [0.2, 0.25) is 0 Å². The molecule has 1 aliphatic heterocycles. The first-order valence-corrected chi connectivity index (χ1v) is 22.5. The van der Waals surface area contributed by atoms with Gasteiger partial charge in [-0.05, 0) is 90.3 Å². The third-order valence-electron chi connectivity index (χ3n) is 13.4. The Bertz CT molecular complexity index is 2480. The number of allylic oxidation sites excluding steroid dienone is 7. The quantitative estimate of drug-likeness (QED) is 0.132. The number of benzene rings is 5. The second kappa shape index (κ2) is 16.3. The molecule has 2 unspecified atom stereocenters. The zero-order valence-corrected chi connectivity index (χ0v) is 37.6. The second-order valence-electron chi connectivity index (χ2n) is 18.7. The first-order chi connectivity index (χ1) is 28.7. The summed E-state index contributed by atoms with van der Waals surface area (Å²) in [4.78, 5) is 0. The maximum absolute atomic E-state index is 7.49. The van der Waals surface area contributed by atoms with Crippen molar-refractivity contribution in [1.82, 2.24) is 0 Å². The highest BCUT2D eigenvalue weighted by atomic mass is 31.2. The molecule has 4 heteroatoms. The van der Waals surface area contributed by atoms with Gasteiger partial charge < -0.3 is 9.05 Å². The summed E-state index contributed by atoms with van der Waals surface area (Å²) in [6.45, 7) is 20.8. The van der Waals surface area contributed by atoms with Gasteiger partial charge in [-0.25, -0.2) is 0 Å². The van der Waals surface area contributed by atoms with Crippen LogP contribution in [0.3, 0.4) is 0 Å². The minimum Gasteiger partial charge on any atom is -0.421 e. The summed E-state index contributed by atoms with van der Waals surface area (Å²) in [5.74, 6) is 1.58. The van der Waals surface area contributed by atoms with Gasteiger partial charge in [0, 0.05) is 27.2 Å². The number of fused-ring (bicyclic) bond motifs is 2. The molecule has 0 saturated carbocycles. The second-order valence-corrected chi connectivity index (χ2v) is 19.7. The van der Waals surface area contributed by atoms with Gasteiger partial charge in [-0.1, -0.05) is 204 Å². The first-order valence-electron chi connectivity index (χ1n) is 21.4. The fourth-order valence-corrected chi connectivity index (χ4v) is 10.4. The Morgan fingerprint density at radius 2 is 1.00 bits per heavy atom. The predicted molar refractivity (Wildman–Crippen MR) is 250 cm³/mol. The van der Waals surface area contributed by atoms with Crippen molar-refractivity contribution in [3.05, 3.63) is 231 Å². The summed E-state index contributed by atoms with van der Waals surface area (Å²) in [7, 11) is -1.98. The molecule has 60 heavy (non-hydrogen) atoms. The van der Waals surface area contributed by atoms with Gasteiger partial charge in [0.25, 0.3) is 0 Å². The van der Waals surface area contributed by atoms with Crippen LogP contribution in [0.5, 0.6) is 5.75 Å². The van der Waals surface area contributed by atoms with Crippen LogP contribution < -0.4 is 4.52 Å². The third kappa shape index (κ3) is 7.91. The average molecular weight is 811 g/mol. The van der Waals surface area contributed by atoms with Crippen molar-refractivity contribution in [2.45, 2.75) is 103 Å². The molecular formula is C56H59O3P. The lowest BCUT2D eigenvalue weighted by molar-refractivity contribution is 0.186. The fraction of sp³-hybridized carbons (Fsp3) is 0.286. The molecule has 0 bridgehead atoms. The van der Waals surface area contributed by atoms with Crippen molar-refractivity contribution in [3.63, 3.8) is 0 Å². The van der Waals surface area contributed by atoms with Crippen LogP contribution in [0.25, 0.3) is 0 Å². The van der Waals surface area contributed by atoms with Crippen molar-refractivity contribution < 1.29 is 13.6 Å². The van der Waals surface area contributed by atoms with Crippen LogP contribution in [0.15, 0.2) is 203 Å². The van der Waals surface area contributed by atoms with E-state index in [1.165, 1.54) is 50.1 Å². The van der Waals surface area contributed by atoms with E-state index in [0.717, 1.165) is 35.5 Å². The Morgan fingerprint density at radius 3 is 1.53 bits per heavy atom. The normalized spacial score (nSPS) is 20.1. The summed E-state index contributed by atoms with van der Waals surface area (Å²) < 4.78 is 21.8. The van der Waals surface area contributed by atoms with Crippen LogP contribution in [0.1, 0.15) is 96.0 Å². The van der Waals surface area contributed by atoms with Gasteiger partial charge in [0.05, 0.1) is 0 Å². The predicted octanol–water partition coefficient (Wildman–Crippen LogP) is 15.1. The van der Waals surface area contributed by atoms with Gasteiger partial charge >= 0.3 is 8.60 Å². The smallest absolute Gasteiger partial charge is 0.421 e. The lowest BCUT2D eigenvalue weighted by atomic mass is 9.65. The molecule has 3 aliphatic rings. The van der Waals surface area contributed by atoms with Crippen molar-refractivity contribution in [2.24, 2.45) is 0 Å². The molecule has 0 aromatic heterocycles. The monoisotopic (exact) mass is 810 g/mol. The van der Waals surface area contributed by atoms with Gasteiger partial charge in [0.15, 0.2) is 0 Å². The van der Waals surface area contributed by atoms with Gasteiger partial charge in [0.2, 0.25) is 0 Å². The Morgan fingerprint density at radius 1 is 0.517 bits per heavy atom. The molecule has 5 aromatic carbocycles. The SMILES string of the molecule is Cc1ccc(OP2OC(C(C)(C)c3ccccc3)=C3C=C(C(C)(C)c4ccccc4)CC/C3=C3\C=C(C(C)(C)c4ccccc4)C=C(C(C)(C)c4ccccc4)C3O2)cc1. The molecule has 2 aliphatic carbocycles. The number of aryl methyl sites for hydroxylation is 1. The van der Waals surface area contributed by atoms with Gasteiger partial charge in [-0.3, -0.25) is 4.52 Å². The van der Waals surface area contributed by atoms with Crippen LogP contribution in [0, 0.1) is 6.92 Å². The van der Waals surface area contributed by atoms with Crippen molar-refractivity contribution in [3.8, 4) is 5.75 Å². The minimum atomic E-state index is -1.98. The van der Waals surface area contributed by atoms with Crippen molar-refractivity contribution in [2.75, 3.05) is 0 Å². The molecule has 1 heterocycles. The number of rotatable bonds is 10. The lowest BCUT2D eigenvalue weighted by Crippen LogP contribution is -2.37. The van der Waals surface area contributed by atoms with E-state index in [0.29, 0.717) is 0 Å². The summed E-state index contributed by atoms with van der Waals surface area (Å²) in [6, 6.07) is 51.6. The zero-order valence-electron chi connectivity index (χ0n) is 36.8. The highest BCUT2D eigenvalue weighted by Gasteiger charge is 2.46.